The van der Waals surface area contributed by atoms with Gasteiger partial charge in [0.1, 0.15) is 28.7 Å². The molecule has 2 saturated heterocycles. The quantitative estimate of drug-likeness (QED) is 0.0495. The minimum absolute atomic E-state index is 0.00730. The van der Waals surface area contributed by atoms with Gasteiger partial charge in [0.25, 0.3) is 27.5 Å². The predicted molar refractivity (Wildman–Crippen MR) is 282 cm³/mol. The number of benzene rings is 3. The van der Waals surface area contributed by atoms with Crippen molar-refractivity contribution in [3.8, 4) is 23.1 Å². The second-order valence-electron chi connectivity index (χ2n) is 21.4. The van der Waals surface area contributed by atoms with Gasteiger partial charge in [0.15, 0.2) is 5.75 Å². The third kappa shape index (κ3) is 10.8. The number of hydrogen-bond acceptors (Lipinski definition) is 15. The van der Waals surface area contributed by atoms with Crippen LogP contribution in [0.25, 0.3) is 11.0 Å². The average Bonchev–Trinajstić information content (AvgIpc) is 3.74. The Hall–Kier alpha value is -6.87. The second kappa shape index (κ2) is 20.7. The van der Waals surface area contributed by atoms with Crippen molar-refractivity contribution in [3.63, 3.8) is 0 Å². The van der Waals surface area contributed by atoms with Gasteiger partial charge in [-0.2, -0.15) is 0 Å². The van der Waals surface area contributed by atoms with Gasteiger partial charge >= 0.3 is 0 Å². The standard InChI is InChI=1S/C55H64FN9O9S/c1-34(2)41-8-6-7-9-42(41)48-31-62(30-36-20-50(72-4)53(73-5)60-27-36)18-19-64(48)38-24-55(25-38)32-63(33-55)37-10-12-43(49(21-37)74-39-22-44-45(56)29-59-51(44)58-28-39)52(66)61-75(70,71)40-11-13-46(47(23-40)65(68)69)57-26-35-14-16-54(3,67)17-15-35/h6-13,20-23,27-29,34-35,38,48,57,67H,14-19,24-26,30-33H2,1-5H3,(H,58,59)(H,61,66)/t35?,48-,54?/m0/s1. The summed E-state index contributed by atoms with van der Waals surface area (Å²) in [5.41, 5.74) is 3.68. The van der Waals surface area contributed by atoms with E-state index >= 15 is 0 Å². The summed E-state index contributed by atoms with van der Waals surface area (Å²) in [5.74, 6) is 0.133. The largest absolute Gasteiger partial charge is 0.491 e. The van der Waals surface area contributed by atoms with E-state index < -0.39 is 42.9 Å². The van der Waals surface area contributed by atoms with Crippen molar-refractivity contribution in [2.75, 3.05) is 63.7 Å². The van der Waals surface area contributed by atoms with Crippen molar-refractivity contribution >= 4 is 44.0 Å². The fraction of sp³-hybridized carbons (Fsp3) is 0.436. The molecule has 6 aromatic rings. The predicted octanol–water partition coefficient (Wildman–Crippen LogP) is 8.94. The molecule has 1 atom stereocenters. The fourth-order valence-electron chi connectivity index (χ4n) is 11.6. The third-order valence-electron chi connectivity index (χ3n) is 15.8. The number of nitrogens with one attached hydrogen (secondary N) is 3. The maximum Gasteiger partial charge on any atom is 0.293 e. The molecule has 20 heteroatoms. The number of nitro benzene ring substituents is 1. The summed E-state index contributed by atoms with van der Waals surface area (Å²) in [7, 11) is -1.45. The number of pyridine rings is 2. The van der Waals surface area contributed by atoms with Crippen LogP contribution in [-0.2, 0) is 16.6 Å². The number of piperazine rings is 1. The van der Waals surface area contributed by atoms with Crippen molar-refractivity contribution in [2.45, 2.75) is 94.3 Å². The Kier molecular flexibility index (Phi) is 14.2. The van der Waals surface area contributed by atoms with E-state index in [1.807, 2.05) is 12.3 Å². The lowest BCUT2D eigenvalue weighted by atomic mass is 9.59. The first-order chi connectivity index (χ1) is 35.9. The lowest BCUT2D eigenvalue weighted by molar-refractivity contribution is -0.384. The number of methoxy groups -OCH3 is 2. The van der Waals surface area contributed by atoms with Gasteiger partial charge in [-0.1, -0.05) is 38.1 Å². The number of ether oxygens (including phenoxy) is 3. The number of aliphatic hydroxyl groups is 1. The Bertz CT molecular complexity index is 3220. The number of rotatable bonds is 17. The third-order valence-corrected chi connectivity index (χ3v) is 17.1. The minimum atomic E-state index is -4.65. The molecule has 18 nitrogen and oxygen atoms in total. The molecule has 396 valence electrons. The van der Waals surface area contributed by atoms with Crippen molar-refractivity contribution in [1.82, 2.24) is 29.5 Å². The number of aromatic nitrogens is 3. The van der Waals surface area contributed by atoms with Crippen LogP contribution in [0, 0.1) is 27.3 Å². The molecule has 75 heavy (non-hydrogen) atoms. The molecule has 5 heterocycles. The van der Waals surface area contributed by atoms with E-state index in [2.05, 4.69) is 77.8 Å². The number of anilines is 2. The number of amides is 1. The van der Waals surface area contributed by atoms with Gasteiger partial charge in [-0.3, -0.25) is 24.7 Å². The Morgan fingerprint density at radius 2 is 1.76 bits per heavy atom. The first kappa shape index (κ1) is 51.6. The number of halogens is 1. The lowest BCUT2D eigenvalue weighted by Crippen LogP contribution is -2.68. The highest BCUT2D eigenvalue weighted by molar-refractivity contribution is 7.90. The second-order valence-corrected chi connectivity index (χ2v) is 23.1. The summed E-state index contributed by atoms with van der Waals surface area (Å²) in [6, 6.07) is 21.1. The van der Waals surface area contributed by atoms with Crippen LogP contribution >= 0.6 is 0 Å². The molecule has 0 bridgehead atoms. The summed E-state index contributed by atoms with van der Waals surface area (Å²) < 4.78 is 61.7. The van der Waals surface area contributed by atoms with E-state index in [9.17, 15) is 32.8 Å². The smallest absolute Gasteiger partial charge is 0.293 e. The van der Waals surface area contributed by atoms with Gasteiger partial charge in [0.05, 0.1) is 46.8 Å². The molecule has 4 N–H and O–H groups in total. The van der Waals surface area contributed by atoms with Crippen molar-refractivity contribution < 1.29 is 41.8 Å². The maximum absolute atomic E-state index is 14.7. The zero-order valence-corrected chi connectivity index (χ0v) is 43.7. The molecule has 0 unspecified atom stereocenters. The van der Waals surface area contributed by atoms with E-state index in [0.29, 0.717) is 48.6 Å². The zero-order valence-electron chi connectivity index (χ0n) is 42.8. The summed E-state index contributed by atoms with van der Waals surface area (Å²) in [5, 5.41) is 25.8. The van der Waals surface area contributed by atoms with Crippen LogP contribution in [0.3, 0.4) is 0 Å². The number of aromatic amines is 1. The van der Waals surface area contributed by atoms with E-state index in [4.69, 9.17) is 14.2 Å². The van der Waals surface area contributed by atoms with Crippen molar-refractivity contribution in [2.24, 2.45) is 11.3 Å². The number of nitrogens with zero attached hydrogens (tertiary/aromatic N) is 6. The molecule has 3 aromatic carbocycles. The lowest BCUT2D eigenvalue weighted by Gasteiger charge is -2.63. The molecule has 10 rings (SSSR count). The van der Waals surface area contributed by atoms with Crippen LogP contribution in [0.1, 0.15) is 98.3 Å². The molecule has 2 aliphatic carbocycles. The minimum Gasteiger partial charge on any atom is -0.491 e. The van der Waals surface area contributed by atoms with Crippen LogP contribution in [0.15, 0.2) is 96.3 Å². The van der Waals surface area contributed by atoms with Crippen LogP contribution in [-0.4, -0.2) is 114 Å². The zero-order chi connectivity index (χ0) is 52.8. The SMILES string of the molecule is COc1cc(CN2CCN(C3CC4(C3)CN(c3ccc(C(=O)NS(=O)(=O)c5ccc(NCC6CCC(C)(O)CC6)c([N+](=O)[O-])c5)c(Oc5cnc6[nH]cc(F)c6c5)c3)C4)[C@H](c3ccccc3C(C)C)C2)cnc1OC. The maximum atomic E-state index is 14.7. The number of carbonyl (C=O) groups excluding carboxylic acids is 1. The van der Waals surface area contributed by atoms with Crippen LogP contribution in [0.4, 0.5) is 21.5 Å². The molecule has 2 saturated carbocycles. The number of sulfonamides is 1. The molecule has 1 amide bonds. The summed E-state index contributed by atoms with van der Waals surface area (Å²) in [4.78, 5) is 44.1. The summed E-state index contributed by atoms with van der Waals surface area (Å²) in [6.45, 7) is 11.6. The van der Waals surface area contributed by atoms with Gasteiger partial charge in [-0.15, -0.1) is 0 Å². The molecular weight excluding hydrogens is 982 g/mol. The average molecular weight is 1050 g/mol. The van der Waals surface area contributed by atoms with Gasteiger partial charge in [-0.05, 0) is 110 Å². The first-order valence-electron chi connectivity index (χ1n) is 25.6. The van der Waals surface area contributed by atoms with Gasteiger partial charge in [0.2, 0.25) is 0 Å². The highest BCUT2D eigenvalue weighted by Crippen LogP contribution is 2.54. The molecule has 4 aliphatic rings. The van der Waals surface area contributed by atoms with E-state index in [1.54, 1.807) is 33.3 Å². The molecule has 2 aliphatic heterocycles. The topological polar surface area (TPSA) is 218 Å². The van der Waals surface area contributed by atoms with E-state index in [1.165, 1.54) is 47.8 Å². The van der Waals surface area contributed by atoms with Gasteiger partial charge in [-0.25, -0.2) is 27.5 Å². The van der Waals surface area contributed by atoms with E-state index in [-0.39, 0.29) is 45.5 Å². The number of nitro groups is 1. The Balaban J connectivity index is 0.848. The number of hydrogen-bond donors (Lipinski definition) is 4. The van der Waals surface area contributed by atoms with Crippen LogP contribution in [0.2, 0.25) is 0 Å². The normalized spacial score (nSPS) is 21.1. The molecule has 0 radical (unpaired) electrons. The first-order valence-corrected chi connectivity index (χ1v) is 27.0. The van der Waals surface area contributed by atoms with Crippen LogP contribution < -0.4 is 29.1 Å². The fourth-order valence-corrected chi connectivity index (χ4v) is 12.6. The Morgan fingerprint density at radius 1 is 0.987 bits per heavy atom. The number of H-pyrrole nitrogens is 1. The summed E-state index contributed by atoms with van der Waals surface area (Å²) in [6.07, 6.45) is 9.15. The van der Waals surface area contributed by atoms with E-state index in [0.717, 1.165) is 82.3 Å². The van der Waals surface area contributed by atoms with Crippen LogP contribution in [0.5, 0.6) is 23.1 Å². The Morgan fingerprint density at radius 3 is 2.49 bits per heavy atom. The monoisotopic (exact) mass is 1050 g/mol. The number of fused-ring (bicyclic) bond motifs is 1. The van der Waals surface area contributed by atoms with Crippen molar-refractivity contribution in [1.29, 1.82) is 0 Å². The summed E-state index contributed by atoms with van der Waals surface area (Å²) >= 11 is 0. The molecular formula is C55H64FN9O9S. The highest BCUT2D eigenvalue weighted by Gasteiger charge is 2.55. The Labute approximate surface area is 435 Å². The van der Waals surface area contributed by atoms with Gasteiger partial charge < -0.3 is 34.5 Å². The molecule has 3 aromatic heterocycles. The highest BCUT2D eigenvalue weighted by atomic mass is 32.2. The number of carbonyl (C=O) groups is 1. The molecule has 1 spiro atoms. The van der Waals surface area contributed by atoms with Crippen molar-refractivity contribution in [3.05, 3.63) is 130 Å². The molecule has 4 fully saturated rings. The van der Waals surface area contributed by atoms with Gasteiger partial charge in [0, 0.05) is 93.5 Å².